The molecule has 0 aliphatic carbocycles. The number of hydrogen-bond acceptors (Lipinski definition) is 2. The molecule has 0 aliphatic heterocycles. The smallest absolute Gasteiger partial charge is 0.126 e. The lowest BCUT2D eigenvalue weighted by atomic mass is 9.90. The molecule has 1 atom stereocenters. The van der Waals surface area contributed by atoms with Crippen molar-refractivity contribution in [2.45, 2.75) is 25.9 Å². The van der Waals surface area contributed by atoms with Gasteiger partial charge in [0.25, 0.3) is 0 Å². The van der Waals surface area contributed by atoms with Gasteiger partial charge in [-0.2, -0.15) is 0 Å². The molecule has 0 heterocycles. The molecule has 0 saturated heterocycles. The van der Waals surface area contributed by atoms with E-state index in [9.17, 15) is 9.50 Å². The minimum Gasteiger partial charge on any atom is -0.384 e. The maximum absolute atomic E-state index is 13.1. The summed E-state index contributed by atoms with van der Waals surface area (Å²) in [6, 6.07) is 4.75. The summed E-state index contributed by atoms with van der Waals surface area (Å²) in [6.07, 6.45) is 0.596. The fraction of sp³-hybridized carbons (Fsp3) is 0.500. The second kappa shape index (κ2) is 4.73. The lowest BCUT2D eigenvalue weighted by Crippen LogP contribution is -2.36. The molecule has 2 N–H and O–H groups in total. The highest BCUT2D eigenvalue weighted by molar-refractivity contribution is 5.29. The molecule has 15 heavy (non-hydrogen) atoms. The zero-order chi connectivity index (χ0) is 11.5. The molecular formula is C12H18FNO. The third kappa shape index (κ3) is 2.55. The van der Waals surface area contributed by atoms with Crippen LogP contribution in [0.4, 0.5) is 4.39 Å². The number of benzene rings is 1. The van der Waals surface area contributed by atoms with E-state index in [1.165, 1.54) is 6.07 Å². The predicted molar refractivity (Wildman–Crippen MR) is 59.3 cm³/mol. The summed E-state index contributed by atoms with van der Waals surface area (Å²) in [5, 5.41) is 13.3. The van der Waals surface area contributed by atoms with Gasteiger partial charge < -0.3 is 10.4 Å². The molecule has 3 heteroatoms. The van der Waals surface area contributed by atoms with Gasteiger partial charge in [0.1, 0.15) is 11.4 Å². The van der Waals surface area contributed by atoms with Crippen molar-refractivity contribution in [3.05, 3.63) is 35.1 Å². The van der Waals surface area contributed by atoms with Crippen molar-refractivity contribution in [1.29, 1.82) is 0 Å². The van der Waals surface area contributed by atoms with Gasteiger partial charge in [0, 0.05) is 6.54 Å². The molecule has 0 saturated carbocycles. The first-order valence-electron chi connectivity index (χ1n) is 5.17. The van der Waals surface area contributed by atoms with Crippen molar-refractivity contribution in [3.63, 3.8) is 0 Å². The molecular weight excluding hydrogens is 193 g/mol. The summed E-state index contributed by atoms with van der Waals surface area (Å²) in [7, 11) is 1.79. The van der Waals surface area contributed by atoms with Crippen LogP contribution in [0.5, 0.6) is 0 Å². The second-order valence-corrected chi connectivity index (χ2v) is 3.88. The fourth-order valence-electron chi connectivity index (χ4n) is 1.66. The van der Waals surface area contributed by atoms with E-state index in [0.717, 1.165) is 5.56 Å². The van der Waals surface area contributed by atoms with Crippen LogP contribution in [0.15, 0.2) is 18.2 Å². The summed E-state index contributed by atoms with van der Waals surface area (Å²) >= 11 is 0. The molecule has 84 valence electrons. The number of aliphatic hydroxyl groups is 1. The largest absolute Gasteiger partial charge is 0.384 e. The molecule has 0 aromatic heterocycles. The van der Waals surface area contributed by atoms with Gasteiger partial charge in [-0.15, -0.1) is 0 Å². The number of likely N-dealkylation sites (N-methyl/N-ethyl adjacent to an activating group) is 1. The van der Waals surface area contributed by atoms with Crippen molar-refractivity contribution in [2.24, 2.45) is 0 Å². The van der Waals surface area contributed by atoms with Gasteiger partial charge in [-0.25, -0.2) is 4.39 Å². The van der Waals surface area contributed by atoms with Crippen LogP contribution in [0.25, 0.3) is 0 Å². The average molecular weight is 211 g/mol. The Kier molecular flexibility index (Phi) is 3.83. The summed E-state index contributed by atoms with van der Waals surface area (Å²) in [5.41, 5.74) is 0.418. The van der Waals surface area contributed by atoms with Crippen molar-refractivity contribution in [1.82, 2.24) is 5.32 Å². The standard InChI is InChI=1S/C12H18FNO/c1-4-12(15,8-14-3)10-5-6-11(13)9(2)7-10/h5-7,14-15H,4,8H2,1-3H3. The van der Waals surface area contributed by atoms with E-state index in [0.29, 0.717) is 18.5 Å². The van der Waals surface area contributed by atoms with Gasteiger partial charge >= 0.3 is 0 Å². The fourth-order valence-corrected chi connectivity index (χ4v) is 1.66. The Morgan fingerprint density at radius 2 is 2.13 bits per heavy atom. The van der Waals surface area contributed by atoms with Crippen LogP contribution < -0.4 is 5.32 Å². The minimum atomic E-state index is -0.910. The minimum absolute atomic E-state index is 0.235. The van der Waals surface area contributed by atoms with Crippen molar-refractivity contribution >= 4 is 0 Å². The monoisotopic (exact) mass is 211 g/mol. The molecule has 0 bridgehead atoms. The molecule has 1 aromatic rings. The Balaban J connectivity index is 3.07. The number of nitrogens with one attached hydrogen (secondary N) is 1. The molecule has 1 aromatic carbocycles. The van der Waals surface area contributed by atoms with Crippen LogP contribution >= 0.6 is 0 Å². The van der Waals surface area contributed by atoms with Crippen LogP contribution in [0.3, 0.4) is 0 Å². The Morgan fingerprint density at radius 1 is 1.47 bits per heavy atom. The first-order valence-corrected chi connectivity index (χ1v) is 5.17. The Labute approximate surface area is 90.1 Å². The van der Waals surface area contributed by atoms with E-state index in [1.54, 1.807) is 26.1 Å². The number of rotatable bonds is 4. The van der Waals surface area contributed by atoms with Crippen molar-refractivity contribution < 1.29 is 9.50 Å². The van der Waals surface area contributed by atoms with E-state index >= 15 is 0 Å². The number of aryl methyl sites for hydroxylation is 1. The zero-order valence-corrected chi connectivity index (χ0v) is 9.47. The zero-order valence-electron chi connectivity index (χ0n) is 9.47. The lowest BCUT2D eigenvalue weighted by Gasteiger charge is -2.27. The van der Waals surface area contributed by atoms with Gasteiger partial charge in [-0.1, -0.05) is 19.1 Å². The Bertz CT molecular complexity index is 340. The molecule has 0 fully saturated rings. The quantitative estimate of drug-likeness (QED) is 0.798. The van der Waals surface area contributed by atoms with E-state index in [2.05, 4.69) is 5.32 Å². The molecule has 0 amide bonds. The normalized spacial score (nSPS) is 15.0. The van der Waals surface area contributed by atoms with Crippen LogP contribution in [0.1, 0.15) is 24.5 Å². The highest BCUT2D eigenvalue weighted by atomic mass is 19.1. The van der Waals surface area contributed by atoms with Crippen LogP contribution in [-0.2, 0) is 5.60 Å². The van der Waals surface area contributed by atoms with Crippen molar-refractivity contribution in [3.8, 4) is 0 Å². The highest BCUT2D eigenvalue weighted by Crippen LogP contribution is 2.25. The number of halogens is 1. The summed E-state index contributed by atoms with van der Waals surface area (Å²) < 4.78 is 13.1. The third-order valence-corrected chi connectivity index (χ3v) is 2.75. The number of hydrogen-bond donors (Lipinski definition) is 2. The first kappa shape index (κ1) is 12.1. The van der Waals surface area contributed by atoms with Gasteiger partial charge in [-0.05, 0) is 37.6 Å². The van der Waals surface area contributed by atoms with Crippen LogP contribution in [-0.4, -0.2) is 18.7 Å². The van der Waals surface area contributed by atoms with E-state index in [4.69, 9.17) is 0 Å². The molecule has 0 radical (unpaired) electrons. The molecule has 0 spiro atoms. The van der Waals surface area contributed by atoms with E-state index in [1.807, 2.05) is 6.92 Å². The summed E-state index contributed by atoms with van der Waals surface area (Å²) in [5.74, 6) is -0.235. The second-order valence-electron chi connectivity index (χ2n) is 3.88. The van der Waals surface area contributed by atoms with Gasteiger partial charge in [0.2, 0.25) is 0 Å². The topological polar surface area (TPSA) is 32.3 Å². The predicted octanol–water partition coefficient (Wildman–Crippen LogP) is 1.95. The van der Waals surface area contributed by atoms with E-state index < -0.39 is 5.60 Å². The first-order chi connectivity index (χ1) is 7.03. The van der Waals surface area contributed by atoms with Crippen molar-refractivity contribution in [2.75, 3.05) is 13.6 Å². The highest BCUT2D eigenvalue weighted by Gasteiger charge is 2.26. The maximum Gasteiger partial charge on any atom is 0.126 e. The molecule has 1 unspecified atom stereocenters. The maximum atomic E-state index is 13.1. The summed E-state index contributed by atoms with van der Waals surface area (Å²) in [6.45, 7) is 4.08. The molecule has 2 nitrogen and oxygen atoms in total. The average Bonchev–Trinajstić information content (AvgIpc) is 2.22. The SMILES string of the molecule is CCC(O)(CNC)c1ccc(F)c(C)c1. The van der Waals surface area contributed by atoms with Crippen LogP contribution in [0, 0.1) is 12.7 Å². The molecule has 1 rings (SSSR count). The Hall–Kier alpha value is -0.930. The van der Waals surface area contributed by atoms with Gasteiger partial charge in [0.05, 0.1) is 0 Å². The van der Waals surface area contributed by atoms with E-state index in [-0.39, 0.29) is 5.82 Å². The Morgan fingerprint density at radius 3 is 2.60 bits per heavy atom. The summed E-state index contributed by atoms with van der Waals surface area (Å²) in [4.78, 5) is 0. The van der Waals surface area contributed by atoms with Gasteiger partial charge in [0.15, 0.2) is 0 Å². The third-order valence-electron chi connectivity index (χ3n) is 2.75. The van der Waals surface area contributed by atoms with Crippen LogP contribution in [0.2, 0.25) is 0 Å². The molecule has 0 aliphatic rings. The lowest BCUT2D eigenvalue weighted by molar-refractivity contribution is 0.0345. The van der Waals surface area contributed by atoms with Gasteiger partial charge in [-0.3, -0.25) is 0 Å².